The Morgan fingerprint density at radius 2 is 1.86 bits per heavy atom. The van der Waals surface area contributed by atoms with E-state index >= 15 is 0 Å². The van der Waals surface area contributed by atoms with Gasteiger partial charge in [0.15, 0.2) is 0 Å². The summed E-state index contributed by atoms with van der Waals surface area (Å²) >= 11 is 0. The summed E-state index contributed by atoms with van der Waals surface area (Å²) in [6, 6.07) is 0.404. The molecule has 0 radical (unpaired) electrons. The van der Waals surface area contributed by atoms with Crippen LogP contribution in [0.2, 0.25) is 0 Å². The predicted molar refractivity (Wildman–Crippen MR) is 78.8 cm³/mol. The molecule has 1 amide bonds. The lowest BCUT2D eigenvalue weighted by Gasteiger charge is -2.40. The Kier molecular flexibility index (Phi) is 4.20. The van der Waals surface area contributed by atoms with Crippen LogP contribution in [-0.4, -0.2) is 47.1 Å². The number of carboxylic acid groups (broad SMARTS) is 1. The maximum absolute atomic E-state index is 12.7. The van der Waals surface area contributed by atoms with Gasteiger partial charge < -0.3 is 15.3 Å². The van der Waals surface area contributed by atoms with Gasteiger partial charge in [0.2, 0.25) is 5.91 Å². The van der Waals surface area contributed by atoms with Gasteiger partial charge in [-0.3, -0.25) is 9.59 Å². The van der Waals surface area contributed by atoms with Crippen LogP contribution in [0.15, 0.2) is 0 Å². The van der Waals surface area contributed by atoms with Crippen molar-refractivity contribution in [2.75, 3.05) is 13.1 Å². The van der Waals surface area contributed by atoms with E-state index in [1.165, 1.54) is 25.7 Å². The maximum atomic E-state index is 12.7. The maximum Gasteiger partial charge on any atom is 0.308 e. The molecule has 3 rings (SSSR count). The quantitative estimate of drug-likeness (QED) is 0.809. The Morgan fingerprint density at radius 3 is 2.57 bits per heavy atom. The number of likely N-dealkylation sites (tertiary alicyclic amines) is 1. The molecule has 3 fully saturated rings. The Balaban J connectivity index is 1.60. The van der Waals surface area contributed by atoms with Crippen LogP contribution in [0.25, 0.3) is 0 Å². The van der Waals surface area contributed by atoms with Crippen LogP contribution < -0.4 is 5.32 Å². The molecule has 5 heteroatoms. The number of rotatable bonds is 2. The number of piperidine rings is 1. The molecule has 0 aromatic rings. The Labute approximate surface area is 126 Å². The summed E-state index contributed by atoms with van der Waals surface area (Å²) in [7, 11) is 0. The summed E-state index contributed by atoms with van der Waals surface area (Å²) in [5.74, 6) is -0.263. The summed E-state index contributed by atoms with van der Waals surface area (Å²) < 4.78 is 0. The molecular formula is C16H26N2O3. The molecular weight excluding hydrogens is 268 g/mol. The largest absolute Gasteiger partial charge is 0.481 e. The summed E-state index contributed by atoms with van der Waals surface area (Å²) in [6.45, 7) is 2.89. The molecule has 3 aliphatic rings. The van der Waals surface area contributed by atoms with Crippen LogP contribution in [0.5, 0.6) is 0 Å². The Hall–Kier alpha value is -1.10. The summed E-state index contributed by atoms with van der Waals surface area (Å²) in [5.41, 5.74) is 0. The van der Waals surface area contributed by atoms with Crippen LogP contribution in [0.1, 0.15) is 45.4 Å². The second-order valence-electron chi connectivity index (χ2n) is 7.11. The smallest absolute Gasteiger partial charge is 0.308 e. The van der Waals surface area contributed by atoms with Crippen LogP contribution in [0.4, 0.5) is 0 Å². The number of nitrogens with zero attached hydrogens (tertiary/aromatic N) is 1. The van der Waals surface area contributed by atoms with Gasteiger partial charge in [0.1, 0.15) is 0 Å². The van der Waals surface area contributed by atoms with Crippen molar-refractivity contribution in [3.05, 3.63) is 0 Å². The minimum atomic E-state index is -0.776. The number of fused-ring (bicyclic) bond motifs is 1. The van der Waals surface area contributed by atoms with Crippen LogP contribution in [-0.2, 0) is 9.59 Å². The van der Waals surface area contributed by atoms with Gasteiger partial charge in [-0.2, -0.15) is 0 Å². The third-order valence-corrected chi connectivity index (χ3v) is 5.69. The molecule has 0 bridgehead atoms. The van der Waals surface area contributed by atoms with E-state index in [1.807, 2.05) is 6.92 Å². The Morgan fingerprint density at radius 1 is 1.10 bits per heavy atom. The van der Waals surface area contributed by atoms with Gasteiger partial charge in [0, 0.05) is 19.1 Å². The molecule has 21 heavy (non-hydrogen) atoms. The zero-order valence-electron chi connectivity index (χ0n) is 12.8. The van der Waals surface area contributed by atoms with Gasteiger partial charge >= 0.3 is 5.97 Å². The third-order valence-electron chi connectivity index (χ3n) is 5.69. The first-order valence-electron chi connectivity index (χ1n) is 8.34. The minimum Gasteiger partial charge on any atom is -0.481 e. The number of carbonyl (C=O) groups excluding carboxylic acids is 1. The molecule has 2 aliphatic heterocycles. The van der Waals surface area contributed by atoms with Gasteiger partial charge in [-0.1, -0.05) is 19.8 Å². The van der Waals surface area contributed by atoms with E-state index < -0.39 is 11.9 Å². The minimum absolute atomic E-state index is 0.0532. The van der Waals surface area contributed by atoms with Crippen LogP contribution in [0.3, 0.4) is 0 Å². The van der Waals surface area contributed by atoms with E-state index in [1.54, 1.807) is 4.90 Å². The molecule has 118 valence electrons. The second kappa shape index (κ2) is 5.95. The van der Waals surface area contributed by atoms with E-state index in [4.69, 9.17) is 0 Å². The van der Waals surface area contributed by atoms with Crippen molar-refractivity contribution >= 4 is 11.9 Å². The number of nitrogens with one attached hydrogen (secondary N) is 1. The molecule has 5 atom stereocenters. The van der Waals surface area contributed by atoms with E-state index in [0.29, 0.717) is 19.1 Å². The molecule has 1 saturated carbocycles. The van der Waals surface area contributed by atoms with Crippen molar-refractivity contribution in [1.29, 1.82) is 0 Å². The number of carbonyl (C=O) groups is 2. The number of aliphatic carboxylic acids is 1. The van der Waals surface area contributed by atoms with Gasteiger partial charge in [-0.15, -0.1) is 0 Å². The van der Waals surface area contributed by atoms with Gasteiger partial charge in [-0.05, 0) is 37.5 Å². The van der Waals surface area contributed by atoms with Crippen molar-refractivity contribution in [3.8, 4) is 0 Å². The Bertz CT molecular complexity index is 426. The fourth-order valence-electron chi connectivity index (χ4n) is 4.38. The third kappa shape index (κ3) is 2.93. The van der Waals surface area contributed by atoms with Crippen molar-refractivity contribution < 1.29 is 14.7 Å². The monoisotopic (exact) mass is 294 g/mol. The number of hydrogen-bond donors (Lipinski definition) is 2. The first kappa shape index (κ1) is 14.8. The van der Waals surface area contributed by atoms with Gasteiger partial charge in [0.05, 0.1) is 12.0 Å². The summed E-state index contributed by atoms with van der Waals surface area (Å²) in [5, 5.41) is 12.7. The molecule has 2 saturated heterocycles. The van der Waals surface area contributed by atoms with Crippen molar-refractivity contribution in [1.82, 2.24) is 10.2 Å². The lowest BCUT2D eigenvalue weighted by molar-refractivity contribution is -0.142. The molecule has 0 aromatic heterocycles. The second-order valence-corrected chi connectivity index (χ2v) is 7.11. The first-order chi connectivity index (χ1) is 10.1. The normalized spacial score (nSPS) is 39.9. The predicted octanol–water partition coefficient (Wildman–Crippen LogP) is 1.48. The molecule has 5 nitrogen and oxygen atoms in total. The highest BCUT2D eigenvalue weighted by atomic mass is 16.4. The molecule has 5 unspecified atom stereocenters. The fourth-order valence-corrected chi connectivity index (χ4v) is 4.38. The average molecular weight is 294 g/mol. The zero-order valence-corrected chi connectivity index (χ0v) is 12.8. The highest BCUT2D eigenvalue weighted by molar-refractivity contribution is 5.83. The zero-order chi connectivity index (χ0) is 15.0. The van der Waals surface area contributed by atoms with Crippen LogP contribution >= 0.6 is 0 Å². The van der Waals surface area contributed by atoms with Gasteiger partial charge in [0.25, 0.3) is 0 Å². The van der Waals surface area contributed by atoms with Gasteiger partial charge in [-0.25, -0.2) is 0 Å². The molecule has 2 N–H and O–H groups in total. The van der Waals surface area contributed by atoms with E-state index in [0.717, 1.165) is 18.8 Å². The van der Waals surface area contributed by atoms with Crippen molar-refractivity contribution in [2.24, 2.45) is 17.8 Å². The van der Waals surface area contributed by atoms with Crippen molar-refractivity contribution in [3.63, 3.8) is 0 Å². The molecule has 2 heterocycles. The fraction of sp³-hybridized carbons (Fsp3) is 0.875. The molecule has 0 spiro atoms. The van der Waals surface area contributed by atoms with Crippen molar-refractivity contribution in [2.45, 2.75) is 57.5 Å². The van der Waals surface area contributed by atoms with Crippen LogP contribution in [0, 0.1) is 17.8 Å². The molecule has 0 aromatic carbocycles. The SMILES string of the molecule is CC1CN(C(=O)C2CCC3CCCCC3N2)CC1C(=O)O. The molecule has 1 aliphatic carbocycles. The highest BCUT2D eigenvalue weighted by Gasteiger charge is 2.41. The van der Waals surface area contributed by atoms with E-state index in [-0.39, 0.29) is 17.9 Å². The number of hydrogen-bond acceptors (Lipinski definition) is 3. The lowest BCUT2D eigenvalue weighted by Crippen LogP contribution is -2.55. The summed E-state index contributed by atoms with van der Waals surface area (Å²) in [6.07, 6.45) is 7.10. The van der Waals surface area contributed by atoms with E-state index in [2.05, 4.69) is 5.32 Å². The van der Waals surface area contributed by atoms with E-state index in [9.17, 15) is 14.7 Å². The number of amides is 1. The average Bonchev–Trinajstić information content (AvgIpc) is 2.88. The topological polar surface area (TPSA) is 69.6 Å². The number of carboxylic acids is 1. The lowest BCUT2D eigenvalue weighted by atomic mass is 9.77. The highest BCUT2D eigenvalue weighted by Crippen LogP contribution is 2.33. The first-order valence-corrected chi connectivity index (χ1v) is 8.34. The standard InChI is InChI=1S/C16H26N2O3/c1-10-8-18(9-12(10)16(20)21)15(19)14-7-6-11-4-2-3-5-13(11)17-14/h10-14,17H,2-9H2,1H3,(H,20,21). The summed E-state index contributed by atoms with van der Waals surface area (Å²) in [4.78, 5) is 25.6.